The summed E-state index contributed by atoms with van der Waals surface area (Å²) in [6.07, 6.45) is 2.91. The van der Waals surface area contributed by atoms with E-state index in [9.17, 15) is 0 Å². The Balaban J connectivity index is 3.08. The Bertz CT molecular complexity index is 310. The van der Waals surface area contributed by atoms with Crippen molar-refractivity contribution < 1.29 is 0 Å². The molecule has 2 atom stereocenters. The van der Waals surface area contributed by atoms with Crippen LogP contribution in [0.1, 0.15) is 43.3 Å². The van der Waals surface area contributed by atoms with Gasteiger partial charge in [-0.15, -0.1) is 0 Å². The third-order valence-electron chi connectivity index (χ3n) is 2.46. The first-order valence-corrected chi connectivity index (χ1v) is 5.92. The van der Waals surface area contributed by atoms with Crippen LogP contribution in [-0.4, -0.2) is 14.8 Å². The number of aryl methyl sites for hydroxylation is 2. The quantitative estimate of drug-likeness (QED) is 0.776. The van der Waals surface area contributed by atoms with Crippen molar-refractivity contribution in [1.29, 1.82) is 0 Å². The van der Waals surface area contributed by atoms with Gasteiger partial charge in [-0.25, -0.2) is 0 Å². The Morgan fingerprint density at radius 2 is 2.07 bits per heavy atom. The molecule has 0 aliphatic carbocycles. The first-order valence-electron chi connectivity index (χ1n) is 5.00. The third kappa shape index (κ3) is 2.53. The Kier molecular flexibility index (Phi) is 4.05. The number of alkyl halides is 1. The first-order chi connectivity index (χ1) is 6.56. The second kappa shape index (κ2) is 4.87. The molecule has 0 fully saturated rings. The van der Waals surface area contributed by atoms with Gasteiger partial charge in [0.15, 0.2) is 0 Å². The molecular formula is C11H17BrN2. The molecule has 0 bridgehead atoms. The average molecular weight is 257 g/mol. The predicted molar refractivity (Wildman–Crippen MR) is 62.9 cm³/mol. The monoisotopic (exact) mass is 256 g/mol. The standard InChI is InChI=1S/C11H17BrN2/c1-5-10(8(3)12)11-9(4)13-6-7(2)14-11/h6,8,10H,5H2,1-4H3. The van der Waals surface area contributed by atoms with Crippen LogP contribution in [0.15, 0.2) is 6.20 Å². The largest absolute Gasteiger partial charge is 0.258 e. The van der Waals surface area contributed by atoms with Crippen molar-refractivity contribution in [2.24, 2.45) is 0 Å². The minimum atomic E-state index is 0.447. The summed E-state index contributed by atoms with van der Waals surface area (Å²) in [5.74, 6) is 0.461. The lowest BCUT2D eigenvalue weighted by Crippen LogP contribution is -2.13. The predicted octanol–water partition coefficient (Wildman–Crippen LogP) is 3.37. The van der Waals surface area contributed by atoms with Gasteiger partial charge in [0.2, 0.25) is 0 Å². The van der Waals surface area contributed by atoms with E-state index in [1.807, 2.05) is 20.0 Å². The molecule has 0 aliphatic heterocycles. The lowest BCUT2D eigenvalue weighted by atomic mass is 9.97. The summed E-state index contributed by atoms with van der Waals surface area (Å²) in [5.41, 5.74) is 3.18. The summed E-state index contributed by atoms with van der Waals surface area (Å²) < 4.78 is 0. The van der Waals surface area contributed by atoms with Crippen LogP contribution in [0.3, 0.4) is 0 Å². The van der Waals surface area contributed by atoms with Crippen LogP contribution in [0.5, 0.6) is 0 Å². The van der Waals surface area contributed by atoms with Crippen molar-refractivity contribution in [3.8, 4) is 0 Å². The van der Waals surface area contributed by atoms with E-state index in [2.05, 4.69) is 39.7 Å². The second-order valence-electron chi connectivity index (χ2n) is 3.67. The molecule has 0 saturated heterocycles. The highest BCUT2D eigenvalue weighted by Crippen LogP contribution is 2.28. The van der Waals surface area contributed by atoms with Gasteiger partial charge < -0.3 is 0 Å². The third-order valence-corrected chi connectivity index (χ3v) is 3.10. The topological polar surface area (TPSA) is 25.8 Å². The minimum absolute atomic E-state index is 0.447. The highest BCUT2D eigenvalue weighted by Gasteiger charge is 2.19. The van der Waals surface area contributed by atoms with Crippen LogP contribution < -0.4 is 0 Å². The molecule has 0 saturated carbocycles. The number of rotatable bonds is 3. The van der Waals surface area contributed by atoms with E-state index < -0.39 is 0 Å². The Labute approximate surface area is 94.3 Å². The van der Waals surface area contributed by atoms with Crippen molar-refractivity contribution in [1.82, 2.24) is 9.97 Å². The zero-order valence-electron chi connectivity index (χ0n) is 9.21. The molecule has 0 aliphatic rings. The molecule has 0 spiro atoms. The van der Waals surface area contributed by atoms with E-state index in [1.165, 1.54) is 0 Å². The van der Waals surface area contributed by atoms with Crippen LogP contribution in [0.25, 0.3) is 0 Å². The maximum Gasteiger partial charge on any atom is 0.0660 e. The molecular weight excluding hydrogens is 240 g/mol. The molecule has 2 unspecified atom stereocenters. The van der Waals surface area contributed by atoms with Gasteiger partial charge in [0, 0.05) is 16.9 Å². The molecule has 2 nitrogen and oxygen atoms in total. The van der Waals surface area contributed by atoms with E-state index >= 15 is 0 Å². The van der Waals surface area contributed by atoms with Crippen molar-refractivity contribution in [3.63, 3.8) is 0 Å². The minimum Gasteiger partial charge on any atom is -0.258 e. The van der Waals surface area contributed by atoms with Crippen molar-refractivity contribution >= 4 is 15.9 Å². The molecule has 0 radical (unpaired) electrons. The van der Waals surface area contributed by atoms with Crippen LogP contribution in [-0.2, 0) is 0 Å². The maximum absolute atomic E-state index is 4.57. The van der Waals surface area contributed by atoms with Crippen LogP contribution in [0.2, 0.25) is 0 Å². The average Bonchev–Trinajstić information content (AvgIpc) is 2.11. The van der Waals surface area contributed by atoms with E-state index in [-0.39, 0.29) is 0 Å². The summed E-state index contributed by atoms with van der Waals surface area (Å²) in [6, 6.07) is 0. The SMILES string of the molecule is CCC(c1nc(C)cnc1C)C(C)Br. The zero-order chi connectivity index (χ0) is 10.7. The van der Waals surface area contributed by atoms with Gasteiger partial charge in [-0.1, -0.05) is 29.8 Å². The van der Waals surface area contributed by atoms with Gasteiger partial charge >= 0.3 is 0 Å². The van der Waals surface area contributed by atoms with E-state index in [0.717, 1.165) is 23.5 Å². The van der Waals surface area contributed by atoms with Crippen molar-refractivity contribution in [2.45, 2.75) is 44.9 Å². The van der Waals surface area contributed by atoms with Gasteiger partial charge in [-0.3, -0.25) is 9.97 Å². The van der Waals surface area contributed by atoms with Crippen molar-refractivity contribution in [2.75, 3.05) is 0 Å². The summed E-state index contributed by atoms with van der Waals surface area (Å²) in [5, 5.41) is 0. The fourth-order valence-electron chi connectivity index (χ4n) is 1.64. The van der Waals surface area contributed by atoms with Gasteiger partial charge in [-0.05, 0) is 20.3 Å². The fraction of sp³-hybridized carbons (Fsp3) is 0.636. The molecule has 0 aromatic carbocycles. The lowest BCUT2D eigenvalue weighted by molar-refractivity contribution is 0.631. The summed E-state index contributed by atoms with van der Waals surface area (Å²) in [6.45, 7) is 8.37. The molecule has 14 heavy (non-hydrogen) atoms. The van der Waals surface area contributed by atoms with Crippen LogP contribution in [0.4, 0.5) is 0 Å². The molecule has 0 N–H and O–H groups in total. The van der Waals surface area contributed by atoms with E-state index in [1.54, 1.807) is 0 Å². The van der Waals surface area contributed by atoms with Crippen molar-refractivity contribution in [3.05, 3.63) is 23.3 Å². The number of nitrogens with zero attached hydrogens (tertiary/aromatic N) is 2. The smallest absolute Gasteiger partial charge is 0.0660 e. The highest BCUT2D eigenvalue weighted by molar-refractivity contribution is 9.09. The Hall–Kier alpha value is -0.440. The lowest BCUT2D eigenvalue weighted by Gasteiger charge is -2.18. The fourth-order valence-corrected chi connectivity index (χ4v) is 2.27. The van der Waals surface area contributed by atoms with Gasteiger partial charge in [0.1, 0.15) is 0 Å². The van der Waals surface area contributed by atoms with Crippen LogP contribution >= 0.6 is 15.9 Å². The molecule has 1 rings (SSSR count). The van der Waals surface area contributed by atoms with Crippen LogP contribution in [0, 0.1) is 13.8 Å². The summed E-state index contributed by atoms with van der Waals surface area (Å²) >= 11 is 3.63. The molecule has 78 valence electrons. The van der Waals surface area contributed by atoms with Gasteiger partial charge in [0.25, 0.3) is 0 Å². The van der Waals surface area contributed by atoms with Gasteiger partial charge in [0.05, 0.1) is 17.1 Å². The maximum atomic E-state index is 4.57. The first kappa shape index (κ1) is 11.6. The van der Waals surface area contributed by atoms with E-state index in [4.69, 9.17) is 0 Å². The summed E-state index contributed by atoms with van der Waals surface area (Å²) in [4.78, 5) is 9.37. The Morgan fingerprint density at radius 3 is 2.57 bits per heavy atom. The number of hydrogen-bond donors (Lipinski definition) is 0. The summed E-state index contributed by atoms with van der Waals surface area (Å²) in [7, 11) is 0. The highest BCUT2D eigenvalue weighted by atomic mass is 79.9. The number of halogens is 1. The zero-order valence-corrected chi connectivity index (χ0v) is 10.8. The molecule has 3 heteroatoms. The van der Waals surface area contributed by atoms with E-state index in [0.29, 0.717) is 10.7 Å². The molecule has 0 amide bonds. The number of aromatic nitrogens is 2. The Morgan fingerprint density at radius 1 is 1.43 bits per heavy atom. The molecule has 1 aromatic heterocycles. The molecule has 1 aromatic rings. The molecule has 1 heterocycles. The van der Waals surface area contributed by atoms with Gasteiger partial charge in [-0.2, -0.15) is 0 Å². The second-order valence-corrected chi connectivity index (χ2v) is 5.12. The number of hydrogen-bond acceptors (Lipinski definition) is 2. The normalized spacial score (nSPS) is 15.2.